The van der Waals surface area contributed by atoms with Crippen molar-refractivity contribution >= 4 is 5.69 Å². The van der Waals surface area contributed by atoms with E-state index in [-0.39, 0.29) is 0 Å². The Balaban J connectivity index is 2.07. The zero-order chi connectivity index (χ0) is 9.97. The lowest BCUT2D eigenvalue weighted by molar-refractivity contribution is 0.210. The van der Waals surface area contributed by atoms with Gasteiger partial charge in [0.05, 0.1) is 6.10 Å². The number of nitrogen functional groups attached to an aromatic ring is 1. The van der Waals surface area contributed by atoms with Crippen LogP contribution in [0.3, 0.4) is 0 Å². The van der Waals surface area contributed by atoms with Gasteiger partial charge in [-0.2, -0.15) is 0 Å². The van der Waals surface area contributed by atoms with Crippen molar-refractivity contribution in [1.82, 2.24) is 0 Å². The van der Waals surface area contributed by atoms with E-state index in [0.717, 1.165) is 17.0 Å². The van der Waals surface area contributed by atoms with Gasteiger partial charge in [-0.05, 0) is 50.3 Å². The maximum atomic E-state index is 5.86. The number of hydrogen-bond donors (Lipinski definition) is 1. The molecule has 0 aliphatic heterocycles. The predicted octanol–water partition coefficient (Wildman–Crippen LogP) is 2.90. The first-order chi connectivity index (χ1) is 6.74. The molecular weight excluding hydrogens is 174 g/mol. The molecule has 1 aliphatic carbocycles. The van der Waals surface area contributed by atoms with E-state index in [4.69, 9.17) is 10.5 Å². The smallest absolute Gasteiger partial charge is 0.122 e. The van der Waals surface area contributed by atoms with Crippen LogP contribution in [0, 0.1) is 6.92 Å². The zero-order valence-electron chi connectivity index (χ0n) is 8.62. The fourth-order valence-corrected chi connectivity index (χ4v) is 2.04. The van der Waals surface area contributed by atoms with E-state index in [1.54, 1.807) is 0 Å². The van der Waals surface area contributed by atoms with Crippen molar-refractivity contribution in [2.45, 2.75) is 38.7 Å². The van der Waals surface area contributed by atoms with Crippen LogP contribution in [-0.4, -0.2) is 6.10 Å². The van der Waals surface area contributed by atoms with Gasteiger partial charge in [-0.1, -0.05) is 0 Å². The Morgan fingerprint density at radius 1 is 1.21 bits per heavy atom. The first kappa shape index (κ1) is 9.38. The second-order valence-corrected chi connectivity index (χ2v) is 4.10. The van der Waals surface area contributed by atoms with Crippen LogP contribution in [0.4, 0.5) is 5.69 Å². The second kappa shape index (κ2) is 3.91. The van der Waals surface area contributed by atoms with E-state index >= 15 is 0 Å². The van der Waals surface area contributed by atoms with Crippen LogP contribution in [0.25, 0.3) is 0 Å². The SMILES string of the molecule is Cc1cc(N)cc(OC2CCCC2)c1. The first-order valence-electron chi connectivity index (χ1n) is 5.28. The van der Waals surface area contributed by atoms with E-state index in [1.807, 2.05) is 19.1 Å². The fraction of sp³-hybridized carbons (Fsp3) is 0.500. The van der Waals surface area contributed by atoms with Crippen LogP contribution in [0.15, 0.2) is 18.2 Å². The number of benzene rings is 1. The van der Waals surface area contributed by atoms with E-state index in [0.29, 0.717) is 6.10 Å². The van der Waals surface area contributed by atoms with Crippen molar-refractivity contribution in [2.75, 3.05) is 5.73 Å². The molecule has 0 amide bonds. The van der Waals surface area contributed by atoms with Gasteiger partial charge in [-0.25, -0.2) is 0 Å². The Kier molecular flexibility index (Phi) is 2.62. The Bertz CT molecular complexity index is 296. The summed E-state index contributed by atoms with van der Waals surface area (Å²) in [4.78, 5) is 0. The molecule has 2 N–H and O–H groups in total. The molecular formula is C12H17NO. The third-order valence-corrected chi connectivity index (χ3v) is 2.68. The van der Waals surface area contributed by atoms with Gasteiger partial charge in [0.1, 0.15) is 5.75 Å². The lowest BCUT2D eigenvalue weighted by Gasteiger charge is -2.13. The van der Waals surface area contributed by atoms with Gasteiger partial charge in [0, 0.05) is 11.8 Å². The number of rotatable bonds is 2. The van der Waals surface area contributed by atoms with E-state index in [9.17, 15) is 0 Å². The lowest BCUT2D eigenvalue weighted by atomic mass is 10.2. The molecule has 2 rings (SSSR count). The third-order valence-electron chi connectivity index (χ3n) is 2.68. The normalized spacial score (nSPS) is 17.2. The number of aryl methyl sites for hydroxylation is 1. The highest BCUT2D eigenvalue weighted by Gasteiger charge is 2.16. The van der Waals surface area contributed by atoms with Gasteiger partial charge in [-0.15, -0.1) is 0 Å². The molecule has 14 heavy (non-hydrogen) atoms. The van der Waals surface area contributed by atoms with Crippen molar-refractivity contribution in [1.29, 1.82) is 0 Å². The van der Waals surface area contributed by atoms with Crippen molar-refractivity contribution in [3.63, 3.8) is 0 Å². The molecule has 0 aromatic heterocycles. The predicted molar refractivity (Wildman–Crippen MR) is 58.5 cm³/mol. The topological polar surface area (TPSA) is 35.2 Å². The highest BCUT2D eigenvalue weighted by molar-refractivity contribution is 5.47. The van der Waals surface area contributed by atoms with Crippen LogP contribution in [0.5, 0.6) is 5.75 Å². The largest absolute Gasteiger partial charge is 0.490 e. The average Bonchev–Trinajstić information content (AvgIpc) is 2.54. The number of anilines is 1. The molecule has 76 valence electrons. The Hall–Kier alpha value is -1.18. The molecule has 0 heterocycles. The molecule has 1 saturated carbocycles. The standard InChI is InChI=1S/C12H17NO/c1-9-6-10(13)8-12(7-9)14-11-4-2-3-5-11/h6-8,11H,2-5,13H2,1H3. The summed E-state index contributed by atoms with van der Waals surface area (Å²) >= 11 is 0. The molecule has 0 atom stereocenters. The van der Waals surface area contributed by atoms with Crippen LogP contribution in [-0.2, 0) is 0 Å². The highest BCUT2D eigenvalue weighted by Crippen LogP contribution is 2.26. The van der Waals surface area contributed by atoms with Gasteiger partial charge < -0.3 is 10.5 Å². The summed E-state index contributed by atoms with van der Waals surface area (Å²) in [5.74, 6) is 0.925. The molecule has 1 aliphatic rings. The maximum absolute atomic E-state index is 5.86. The molecule has 1 fully saturated rings. The van der Waals surface area contributed by atoms with Gasteiger partial charge in [0.25, 0.3) is 0 Å². The Morgan fingerprint density at radius 2 is 1.93 bits per heavy atom. The fourth-order valence-electron chi connectivity index (χ4n) is 2.04. The number of hydrogen-bond acceptors (Lipinski definition) is 2. The third kappa shape index (κ3) is 2.19. The molecule has 0 spiro atoms. The van der Waals surface area contributed by atoms with Gasteiger partial charge in [-0.3, -0.25) is 0 Å². The quantitative estimate of drug-likeness (QED) is 0.729. The highest BCUT2D eigenvalue weighted by atomic mass is 16.5. The van der Waals surface area contributed by atoms with Crippen LogP contribution in [0.1, 0.15) is 31.2 Å². The van der Waals surface area contributed by atoms with Crippen LogP contribution >= 0.6 is 0 Å². The Labute approximate surface area is 85.1 Å². The van der Waals surface area contributed by atoms with E-state index in [2.05, 4.69) is 6.07 Å². The molecule has 0 unspecified atom stereocenters. The lowest BCUT2D eigenvalue weighted by Crippen LogP contribution is -2.11. The molecule has 2 heteroatoms. The first-order valence-corrected chi connectivity index (χ1v) is 5.28. The summed E-state index contributed by atoms with van der Waals surface area (Å²) in [6, 6.07) is 5.92. The minimum atomic E-state index is 0.413. The summed E-state index contributed by atoms with van der Waals surface area (Å²) in [5.41, 5.74) is 7.71. The zero-order valence-corrected chi connectivity index (χ0v) is 8.62. The minimum Gasteiger partial charge on any atom is -0.490 e. The summed E-state index contributed by atoms with van der Waals surface area (Å²) in [6.07, 6.45) is 5.38. The summed E-state index contributed by atoms with van der Waals surface area (Å²) < 4.78 is 5.86. The second-order valence-electron chi connectivity index (χ2n) is 4.10. The average molecular weight is 191 g/mol. The van der Waals surface area contributed by atoms with Crippen molar-refractivity contribution < 1.29 is 4.74 Å². The van der Waals surface area contributed by atoms with Crippen molar-refractivity contribution in [2.24, 2.45) is 0 Å². The molecule has 2 nitrogen and oxygen atoms in total. The van der Waals surface area contributed by atoms with Crippen LogP contribution in [0.2, 0.25) is 0 Å². The maximum Gasteiger partial charge on any atom is 0.122 e. The summed E-state index contributed by atoms with van der Waals surface area (Å²) in [7, 11) is 0. The summed E-state index contributed by atoms with van der Waals surface area (Å²) in [6.45, 7) is 2.04. The number of ether oxygens (including phenoxy) is 1. The minimum absolute atomic E-state index is 0.413. The van der Waals surface area contributed by atoms with E-state index in [1.165, 1.54) is 25.7 Å². The molecule has 0 saturated heterocycles. The summed E-state index contributed by atoms with van der Waals surface area (Å²) in [5, 5.41) is 0. The molecule has 0 radical (unpaired) electrons. The van der Waals surface area contributed by atoms with E-state index < -0.39 is 0 Å². The molecule has 1 aromatic carbocycles. The van der Waals surface area contributed by atoms with Gasteiger partial charge in [0.15, 0.2) is 0 Å². The van der Waals surface area contributed by atoms with Gasteiger partial charge >= 0.3 is 0 Å². The van der Waals surface area contributed by atoms with Gasteiger partial charge in [0.2, 0.25) is 0 Å². The van der Waals surface area contributed by atoms with Crippen molar-refractivity contribution in [3.8, 4) is 5.75 Å². The Morgan fingerprint density at radius 3 is 2.57 bits per heavy atom. The van der Waals surface area contributed by atoms with Crippen molar-refractivity contribution in [3.05, 3.63) is 23.8 Å². The monoisotopic (exact) mass is 191 g/mol. The van der Waals surface area contributed by atoms with Crippen LogP contribution < -0.4 is 10.5 Å². The number of nitrogens with two attached hydrogens (primary N) is 1. The molecule has 1 aromatic rings. The molecule has 0 bridgehead atoms.